The molecule has 6 heteroatoms. The molecule has 1 amide bonds. The molecule has 23 heavy (non-hydrogen) atoms. The summed E-state index contributed by atoms with van der Waals surface area (Å²) >= 11 is 0. The number of hydrogen-bond donors (Lipinski definition) is 2. The van der Waals surface area contributed by atoms with Crippen LogP contribution in [0.1, 0.15) is 17.5 Å². The maximum absolute atomic E-state index is 11.6. The number of amides is 1. The molecule has 1 aromatic carbocycles. The van der Waals surface area contributed by atoms with E-state index in [1.807, 2.05) is 7.05 Å². The predicted octanol–water partition coefficient (Wildman–Crippen LogP) is 0.788. The minimum absolute atomic E-state index is 0.100. The third-order valence-corrected chi connectivity index (χ3v) is 4.15. The van der Waals surface area contributed by atoms with E-state index in [2.05, 4.69) is 27.7 Å². The van der Waals surface area contributed by atoms with E-state index >= 15 is 0 Å². The van der Waals surface area contributed by atoms with Crippen LogP contribution < -0.4 is 20.1 Å². The summed E-state index contributed by atoms with van der Waals surface area (Å²) in [5, 5.41) is 5.94. The maximum atomic E-state index is 11.6. The second kappa shape index (κ2) is 8.74. The standard InChI is InChI=1S/C17H27N3O3/c1-18-6-4-17(21)19-7-9-20-8-5-13-10-15(22-2)16(23-3)11-14(13)12-20/h10-11,18H,4-9,12H2,1-3H3,(H,19,21). The Balaban J connectivity index is 1.86. The molecule has 1 aromatic rings. The molecule has 0 radical (unpaired) electrons. The lowest BCUT2D eigenvalue weighted by molar-refractivity contribution is -0.121. The van der Waals surface area contributed by atoms with Crippen LogP contribution in [-0.2, 0) is 17.8 Å². The molecule has 0 atom stereocenters. The number of nitrogens with zero attached hydrogens (tertiary/aromatic N) is 1. The number of fused-ring (bicyclic) bond motifs is 1. The van der Waals surface area contributed by atoms with Gasteiger partial charge in [-0.05, 0) is 36.7 Å². The molecule has 1 aliphatic rings. The van der Waals surface area contributed by atoms with Crippen molar-refractivity contribution >= 4 is 5.91 Å². The van der Waals surface area contributed by atoms with Crippen LogP contribution in [0.3, 0.4) is 0 Å². The number of nitrogens with one attached hydrogen (secondary N) is 2. The number of rotatable bonds is 8. The van der Waals surface area contributed by atoms with Gasteiger partial charge in [0.15, 0.2) is 11.5 Å². The van der Waals surface area contributed by atoms with Gasteiger partial charge in [0.1, 0.15) is 0 Å². The van der Waals surface area contributed by atoms with Gasteiger partial charge in [0.25, 0.3) is 0 Å². The first-order valence-corrected chi connectivity index (χ1v) is 8.05. The largest absolute Gasteiger partial charge is 0.493 e. The van der Waals surface area contributed by atoms with Crippen LogP contribution in [-0.4, -0.2) is 58.3 Å². The molecule has 1 heterocycles. The molecular formula is C17H27N3O3. The van der Waals surface area contributed by atoms with Crippen molar-refractivity contribution in [2.24, 2.45) is 0 Å². The molecule has 0 spiro atoms. The van der Waals surface area contributed by atoms with Gasteiger partial charge in [-0.2, -0.15) is 0 Å². The summed E-state index contributed by atoms with van der Waals surface area (Å²) < 4.78 is 10.7. The normalized spacial score (nSPS) is 14.2. The van der Waals surface area contributed by atoms with E-state index in [0.29, 0.717) is 19.5 Å². The van der Waals surface area contributed by atoms with Crippen molar-refractivity contribution in [2.75, 3.05) is 47.4 Å². The van der Waals surface area contributed by atoms with Crippen LogP contribution in [0.5, 0.6) is 11.5 Å². The average Bonchev–Trinajstić information content (AvgIpc) is 2.58. The highest BCUT2D eigenvalue weighted by atomic mass is 16.5. The molecular weight excluding hydrogens is 294 g/mol. The lowest BCUT2D eigenvalue weighted by Crippen LogP contribution is -2.38. The summed E-state index contributed by atoms with van der Waals surface area (Å²) in [6.07, 6.45) is 1.51. The fourth-order valence-corrected chi connectivity index (χ4v) is 2.81. The van der Waals surface area contributed by atoms with E-state index in [1.165, 1.54) is 11.1 Å². The van der Waals surface area contributed by atoms with Gasteiger partial charge < -0.3 is 20.1 Å². The summed E-state index contributed by atoms with van der Waals surface area (Å²) in [7, 11) is 5.17. The zero-order chi connectivity index (χ0) is 16.7. The van der Waals surface area contributed by atoms with Crippen molar-refractivity contribution in [3.63, 3.8) is 0 Å². The molecule has 6 nitrogen and oxygen atoms in total. The first-order chi connectivity index (χ1) is 11.2. The molecule has 2 rings (SSSR count). The number of methoxy groups -OCH3 is 2. The van der Waals surface area contributed by atoms with Crippen LogP contribution in [0, 0.1) is 0 Å². The Bertz CT molecular complexity index is 534. The smallest absolute Gasteiger partial charge is 0.221 e. The van der Waals surface area contributed by atoms with Crippen LogP contribution in [0.4, 0.5) is 0 Å². The molecule has 0 bridgehead atoms. The maximum Gasteiger partial charge on any atom is 0.221 e. The number of carbonyl (C=O) groups is 1. The summed E-state index contributed by atoms with van der Waals surface area (Å²) in [6, 6.07) is 4.14. The van der Waals surface area contributed by atoms with Crippen molar-refractivity contribution < 1.29 is 14.3 Å². The highest BCUT2D eigenvalue weighted by Gasteiger charge is 2.19. The van der Waals surface area contributed by atoms with Crippen molar-refractivity contribution in [2.45, 2.75) is 19.4 Å². The molecule has 1 aliphatic heterocycles. The van der Waals surface area contributed by atoms with Gasteiger partial charge in [-0.15, -0.1) is 0 Å². The lowest BCUT2D eigenvalue weighted by Gasteiger charge is -2.29. The van der Waals surface area contributed by atoms with E-state index in [-0.39, 0.29) is 5.91 Å². The third kappa shape index (κ3) is 4.84. The van der Waals surface area contributed by atoms with E-state index < -0.39 is 0 Å². The number of carbonyl (C=O) groups excluding carboxylic acids is 1. The van der Waals surface area contributed by atoms with E-state index in [0.717, 1.165) is 37.6 Å². The van der Waals surface area contributed by atoms with Gasteiger partial charge >= 0.3 is 0 Å². The molecule has 0 aliphatic carbocycles. The Morgan fingerprint density at radius 2 is 1.87 bits per heavy atom. The Morgan fingerprint density at radius 3 is 2.52 bits per heavy atom. The zero-order valence-electron chi connectivity index (χ0n) is 14.3. The van der Waals surface area contributed by atoms with E-state index in [4.69, 9.17) is 9.47 Å². The van der Waals surface area contributed by atoms with Crippen molar-refractivity contribution in [3.8, 4) is 11.5 Å². The van der Waals surface area contributed by atoms with Crippen molar-refractivity contribution in [3.05, 3.63) is 23.3 Å². The van der Waals surface area contributed by atoms with Crippen molar-refractivity contribution in [1.29, 1.82) is 0 Å². The highest BCUT2D eigenvalue weighted by Crippen LogP contribution is 2.33. The summed E-state index contributed by atoms with van der Waals surface area (Å²) in [4.78, 5) is 13.9. The molecule has 0 saturated heterocycles. The van der Waals surface area contributed by atoms with Gasteiger partial charge in [-0.3, -0.25) is 9.69 Å². The molecule has 0 saturated carbocycles. The van der Waals surface area contributed by atoms with Gasteiger partial charge in [-0.25, -0.2) is 0 Å². The first-order valence-electron chi connectivity index (χ1n) is 8.05. The minimum Gasteiger partial charge on any atom is -0.493 e. The molecule has 2 N–H and O–H groups in total. The minimum atomic E-state index is 0.100. The molecule has 128 valence electrons. The number of hydrogen-bond acceptors (Lipinski definition) is 5. The SMILES string of the molecule is CNCCC(=O)NCCN1CCc2cc(OC)c(OC)cc2C1. The summed E-state index contributed by atoms with van der Waals surface area (Å²) in [5.74, 6) is 1.66. The number of ether oxygens (including phenoxy) is 2. The van der Waals surface area contributed by atoms with Crippen LogP contribution in [0.25, 0.3) is 0 Å². The molecule has 0 aromatic heterocycles. The van der Waals surface area contributed by atoms with Crippen LogP contribution in [0.15, 0.2) is 12.1 Å². The Hall–Kier alpha value is -1.79. The predicted molar refractivity (Wildman–Crippen MR) is 90.1 cm³/mol. The Morgan fingerprint density at radius 1 is 1.17 bits per heavy atom. The topological polar surface area (TPSA) is 62.8 Å². The third-order valence-electron chi connectivity index (χ3n) is 4.15. The average molecular weight is 321 g/mol. The second-order valence-electron chi connectivity index (χ2n) is 5.71. The number of benzene rings is 1. The monoisotopic (exact) mass is 321 g/mol. The van der Waals surface area contributed by atoms with Crippen molar-refractivity contribution in [1.82, 2.24) is 15.5 Å². The zero-order valence-corrected chi connectivity index (χ0v) is 14.3. The lowest BCUT2D eigenvalue weighted by atomic mass is 9.99. The van der Waals surface area contributed by atoms with E-state index in [9.17, 15) is 4.79 Å². The second-order valence-corrected chi connectivity index (χ2v) is 5.71. The quantitative estimate of drug-likeness (QED) is 0.741. The summed E-state index contributed by atoms with van der Waals surface area (Å²) in [5.41, 5.74) is 2.59. The fraction of sp³-hybridized carbons (Fsp3) is 0.588. The fourth-order valence-electron chi connectivity index (χ4n) is 2.81. The van der Waals surface area contributed by atoms with Gasteiger partial charge in [0.2, 0.25) is 5.91 Å². The van der Waals surface area contributed by atoms with Gasteiger partial charge in [0.05, 0.1) is 14.2 Å². The molecule has 0 fully saturated rings. The summed E-state index contributed by atoms with van der Waals surface area (Å²) in [6.45, 7) is 4.13. The van der Waals surface area contributed by atoms with Gasteiger partial charge in [0, 0.05) is 39.1 Å². The van der Waals surface area contributed by atoms with Gasteiger partial charge in [-0.1, -0.05) is 0 Å². The Labute approximate surface area is 138 Å². The van der Waals surface area contributed by atoms with Crippen LogP contribution >= 0.6 is 0 Å². The van der Waals surface area contributed by atoms with E-state index in [1.54, 1.807) is 14.2 Å². The van der Waals surface area contributed by atoms with Crippen LogP contribution in [0.2, 0.25) is 0 Å². The Kier molecular flexibility index (Phi) is 6.67. The first kappa shape index (κ1) is 17.6. The molecule has 0 unspecified atom stereocenters. The highest BCUT2D eigenvalue weighted by molar-refractivity contribution is 5.76.